The molecule has 2 aliphatic carbocycles. The molecule has 4 atom stereocenters. The molecule has 0 amide bonds. The molecule has 1 fully saturated rings. The van der Waals surface area contributed by atoms with E-state index < -0.39 is 12.2 Å². The number of aliphatic hydroxyl groups excluding tert-OH is 2. The largest absolute Gasteiger partial charge is 0.390 e. The van der Waals surface area contributed by atoms with Crippen LogP contribution in [-0.4, -0.2) is 22.4 Å². The van der Waals surface area contributed by atoms with Crippen LogP contribution in [0.1, 0.15) is 12.8 Å². The van der Waals surface area contributed by atoms with Gasteiger partial charge >= 0.3 is 0 Å². The summed E-state index contributed by atoms with van der Waals surface area (Å²) in [6, 6.07) is 0. The van der Waals surface area contributed by atoms with Crippen molar-refractivity contribution in [3.05, 3.63) is 12.2 Å². The number of rotatable bonds is 0. The predicted molar refractivity (Wildman–Crippen MR) is 37.4 cm³/mol. The third-order valence-electron chi connectivity index (χ3n) is 2.69. The third-order valence-corrected chi connectivity index (χ3v) is 2.69. The van der Waals surface area contributed by atoms with E-state index in [0.717, 1.165) is 12.8 Å². The molecule has 2 N–H and O–H groups in total. The molecule has 0 aromatic heterocycles. The standard InChI is InChI=1S/C8H12O2/c9-7-4-5-2-1-3-6(5)8(7)10/h1-2,5-10H,3-4H2/t5-,6-,7-,8+/m1/s1. The lowest BCUT2D eigenvalue weighted by atomic mass is 9.99. The van der Waals surface area contributed by atoms with Crippen molar-refractivity contribution in [2.24, 2.45) is 11.8 Å². The topological polar surface area (TPSA) is 40.5 Å². The van der Waals surface area contributed by atoms with Crippen molar-refractivity contribution in [3.8, 4) is 0 Å². The Labute approximate surface area is 60.2 Å². The fourth-order valence-electron chi connectivity index (χ4n) is 2.08. The second kappa shape index (κ2) is 2.07. The van der Waals surface area contributed by atoms with Gasteiger partial charge in [0, 0.05) is 0 Å². The second-order valence-corrected chi connectivity index (χ2v) is 3.29. The van der Waals surface area contributed by atoms with E-state index in [4.69, 9.17) is 0 Å². The van der Waals surface area contributed by atoms with Crippen LogP contribution in [0.3, 0.4) is 0 Å². The molecule has 0 radical (unpaired) electrons. The first-order chi connectivity index (χ1) is 4.79. The summed E-state index contributed by atoms with van der Waals surface area (Å²) >= 11 is 0. The van der Waals surface area contributed by atoms with Crippen LogP contribution in [0.5, 0.6) is 0 Å². The normalized spacial score (nSPS) is 51.8. The van der Waals surface area contributed by atoms with Crippen LogP contribution < -0.4 is 0 Å². The van der Waals surface area contributed by atoms with E-state index in [2.05, 4.69) is 12.2 Å². The third kappa shape index (κ3) is 0.724. The van der Waals surface area contributed by atoms with Crippen molar-refractivity contribution in [2.45, 2.75) is 25.0 Å². The lowest BCUT2D eigenvalue weighted by Gasteiger charge is -2.13. The Morgan fingerprint density at radius 2 is 2.10 bits per heavy atom. The molecule has 2 heteroatoms. The molecule has 0 saturated heterocycles. The summed E-state index contributed by atoms with van der Waals surface area (Å²) in [6.07, 6.45) is 4.97. The van der Waals surface area contributed by atoms with E-state index in [1.807, 2.05) is 0 Å². The first-order valence-corrected chi connectivity index (χ1v) is 3.82. The lowest BCUT2D eigenvalue weighted by molar-refractivity contribution is 0.0211. The molecular formula is C8H12O2. The minimum absolute atomic E-state index is 0.315. The molecular weight excluding hydrogens is 128 g/mol. The molecule has 0 bridgehead atoms. The second-order valence-electron chi connectivity index (χ2n) is 3.29. The van der Waals surface area contributed by atoms with Crippen LogP contribution in [-0.2, 0) is 0 Å². The van der Waals surface area contributed by atoms with Gasteiger partial charge in [-0.2, -0.15) is 0 Å². The van der Waals surface area contributed by atoms with Crippen molar-refractivity contribution < 1.29 is 10.2 Å². The number of allylic oxidation sites excluding steroid dienone is 2. The summed E-state index contributed by atoms with van der Waals surface area (Å²) in [7, 11) is 0. The average molecular weight is 140 g/mol. The molecule has 0 unspecified atom stereocenters. The summed E-state index contributed by atoms with van der Waals surface area (Å²) < 4.78 is 0. The van der Waals surface area contributed by atoms with E-state index in [1.165, 1.54) is 0 Å². The minimum atomic E-state index is -0.472. The zero-order chi connectivity index (χ0) is 7.14. The molecule has 0 heterocycles. The molecule has 0 spiro atoms. The van der Waals surface area contributed by atoms with Crippen molar-refractivity contribution in [1.29, 1.82) is 0 Å². The highest BCUT2D eigenvalue weighted by Crippen LogP contribution is 2.39. The Bertz CT molecular complexity index is 165. The summed E-state index contributed by atoms with van der Waals surface area (Å²) in [5.41, 5.74) is 0. The number of aliphatic hydroxyl groups is 2. The smallest absolute Gasteiger partial charge is 0.0835 e. The van der Waals surface area contributed by atoms with Gasteiger partial charge in [0.15, 0.2) is 0 Å². The number of fused-ring (bicyclic) bond motifs is 1. The zero-order valence-corrected chi connectivity index (χ0v) is 5.77. The highest BCUT2D eigenvalue weighted by molar-refractivity contribution is 5.09. The van der Waals surface area contributed by atoms with Crippen LogP contribution >= 0.6 is 0 Å². The molecule has 2 aliphatic rings. The van der Waals surface area contributed by atoms with Gasteiger partial charge in [-0.15, -0.1) is 0 Å². The minimum Gasteiger partial charge on any atom is -0.390 e. The molecule has 2 rings (SSSR count). The van der Waals surface area contributed by atoms with Crippen molar-refractivity contribution in [1.82, 2.24) is 0 Å². The predicted octanol–water partition coefficient (Wildman–Crippen LogP) is 0.304. The van der Waals surface area contributed by atoms with E-state index in [0.29, 0.717) is 11.8 Å². The van der Waals surface area contributed by atoms with Crippen molar-refractivity contribution in [3.63, 3.8) is 0 Å². The quantitative estimate of drug-likeness (QED) is 0.475. The van der Waals surface area contributed by atoms with E-state index >= 15 is 0 Å². The number of hydrogen-bond acceptors (Lipinski definition) is 2. The highest BCUT2D eigenvalue weighted by atomic mass is 16.3. The summed E-state index contributed by atoms with van der Waals surface area (Å²) in [5, 5.41) is 18.6. The SMILES string of the molecule is O[C@H]1[C@@H]2CC=C[C@@H]2C[C@H]1O. The van der Waals surface area contributed by atoms with E-state index in [9.17, 15) is 10.2 Å². The molecule has 1 saturated carbocycles. The van der Waals surface area contributed by atoms with Gasteiger partial charge in [0.25, 0.3) is 0 Å². The van der Waals surface area contributed by atoms with Gasteiger partial charge in [0.1, 0.15) is 0 Å². The van der Waals surface area contributed by atoms with Gasteiger partial charge in [-0.1, -0.05) is 12.2 Å². The fraction of sp³-hybridized carbons (Fsp3) is 0.750. The van der Waals surface area contributed by atoms with Gasteiger partial charge in [-0.05, 0) is 24.7 Å². The van der Waals surface area contributed by atoms with E-state index in [-0.39, 0.29) is 0 Å². The zero-order valence-electron chi connectivity index (χ0n) is 5.77. The maximum Gasteiger partial charge on any atom is 0.0835 e. The summed E-state index contributed by atoms with van der Waals surface area (Å²) in [5.74, 6) is 0.764. The first-order valence-electron chi connectivity index (χ1n) is 3.82. The Balaban J connectivity index is 2.15. The monoisotopic (exact) mass is 140 g/mol. The van der Waals surface area contributed by atoms with Crippen molar-refractivity contribution >= 4 is 0 Å². The molecule has 0 aromatic carbocycles. The average Bonchev–Trinajstić information content (AvgIpc) is 2.41. The molecule has 2 nitrogen and oxygen atoms in total. The molecule has 10 heavy (non-hydrogen) atoms. The summed E-state index contributed by atoms with van der Waals surface area (Å²) in [6.45, 7) is 0. The molecule has 0 aliphatic heterocycles. The van der Waals surface area contributed by atoms with Crippen LogP contribution in [0.25, 0.3) is 0 Å². The van der Waals surface area contributed by atoms with Crippen LogP contribution in [0.15, 0.2) is 12.2 Å². The number of hydrogen-bond donors (Lipinski definition) is 2. The maximum absolute atomic E-state index is 9.38. The summed E-state index contributed by atoms with van der Waals surface area (Å²) in [4.78, 5) is 0. The van der Waals surface area contributed by atoms with E-state index in [1.54, 1.807) is 0 Å². The van der Waals surface area contributed by atoms with Crippen molar-refractivity contribution in [2.75, 3.05) is 0 Å². The first kappa shape index (κ1) is 6.38. The van der Waals surface area contributed by atoms with Gasteiger partial charge in [-0.3, -0.25) is 0 Å². The Morgan fingerprint density at radius 1 is 1.30 bits per heavy atom. The molecule has 0 aromatic rings. The van der Waals surface area contributed by atoms with Gasteiger partial charge < -0.3 is 10.2 Å². The van der Waals surface area contributed by atoms with Crippen LogP contribution in [0.4, 0.5) is 0 Å². The Hall–Kier alpha value is -0.340. The van der Waals surface area contributed by atoms with Crippen LogP contribution in [0.2, 0.25) is 0 Å². The Kier molecular flexibility index (Phi) is 1.32. The van der Waals surface area contributed by atoms with Gasteiger partial charge in [0.05, 0.1) is 12.2 Å². The van der Waals surface area contributed by atoms with Gasteiger partial charge in [-0.25, -0.2) is 0 Å². The fourth-order valence-corrected chi connectivity index (χ4v) is 2.08. The highest BCUT2D eigenvalue weighted by Gasteiger charge is 2.41. The van der Waals surface area contributed by atoms with Gasteiger partial charge in [0.2, 0.25) is 0 Å². The van der Waals surface area contributed by atoms with Crippen LogP contribution in [0, 0.1) is 11.8 Å². The maximum atomic E-state index is 9.38. The molecule has 56 valence electrons. The Morgan fingerprint density at radius 3 is 2.80 bits per heavy atom. The lowest BCUT2D eigenvalue weighted by Crippen LogP contribution is -2.24.